The zero-order chi connectivity index (χ0) is 10.4. The predicted octanol–water partition coefficient (Wildman–Crippen LogP) is 1.90. The Balaban J connectivity index is 2.29. The van der Waals surface area contributed by atoms with Gasteiger partial charge in [0, 0.05) is 0 Å². The molecule has 84 valence electrons. The van der Waals surface area contributed by atoms with Crippen LogP contribution in [0.4, 0.5) is 0 Å². The van der Waals surface area contributed by atoms with Gasteiger partial charge in [-0.15, -0.1) is 0 Å². The topological polar surface area (TPSA) is 46.2 Å². The van der Waals surface area contributed by atoms with Gasteiger partial charge in [0.25, 0.3) is 0 Å². The molecule has 0 aromatic rings. The lowest BCUT2D eigenvalue weighted by molar-refractivity contribution is 0.444. The molecule has 0 aromatic heterocycles. The second-order valence-corrected chi connectivity index (χ2v) is 6.22. The highest BCUT2D eigenvalue weighted by Gasteiger charge is 2.15. The first-order valence-corrected chi connectivity index (χ1v) is 7.20. The van der Waals surface area contributed by atoms with Crippen LogP contribution in [0.2, 0.25) is 0 Å². The Bertz CT molecular complexity index is 241. The Morgan fingerprint density at radius 3 is 2.21 bits per heavy atom. The molecule has 0 amide bonds. The van der Waals surface area contributed by atoms with Gasteiger partial charge in [0.1, 0.15) is 0 Å². The average Bonchev–Trinajstić information content (AvgIpc) is 2.43. The van der Waals surface area contributed by atoms with Gasteiger partial charge in [-0.1, -0.05) is 38.5 Å². The third-order valence-electron chi connectivity index (χ3n) is 3.08. The van der Waals surface area contributed by atoms with Crippen LogP contribution in [-0.2, 0) is 10.0 Å². The molecule has 1 rings (SSSR count). The summed E-state index contributed by atoms with van der Waals surface area (Å²) in [4.78, 5) is 0. The van der Waals surface area contributed by atoms with E-state index in [-0.39, 0.29) is 0 Å². The van der Waals surface area contributed by atoms with Crippen LogP contribution < -0.4 is 4.72 Å². The molecular weight excluding hydrogens is 198 g/mol. The van der Waals surface area contributed by atoms with E-state index in [1.54, 1.807) is 0 Å². The van der Waals surface area contributed by atoms with Crippen LogP contribution in [0.15, 0.2) is 0 Å². The summed E-state index contributed by atoms with van der Waals surface area (Å²) < 4.78 is 24.8. The van der Waals surface area contributed by atoms with Crippen molar-refractivity contribution in [2.24, 2.45) is 5.92 Å². The van der Waals surface area contributed by atoms with Gasteiger partial charge in [0.15, 0.2) is 0 Å². The van der Waals surface area contributed by atoms with Crippen LogP contribution in [-0.4, -0.2) is 21.2 Å². The Labute approximate surface area is 87.3 Å². The molecule has 14 heavy (non-hydrogen) atoms. The van der Waals surface area contributed by atoms with Crippen molar-refractivity contribution in [1.82, 2.24) is 4.72 Å². The number of nitrogens with one attached hydrogen (secondary N) is 1. The molecule has 0 aliphatic heterocycles. The second-order valence-electron chi connectivity index (χ2n) is 4.17. The van der Waals surface area contributed by atoms with E-state index in [1.165, 1.54) is 45.6 Å². The van der Waals surface area contributed by atoms with Gasteiger partial charge in [-0.3, -0.25) is 0 Å². The minimum atomic E-state index is -2.98. The highest BCUT2D eigenvalue weighted by atomic mass is 32.2. The second kappa shape index (κ2) is 5.71. The van der Waals surface area contributed by atoms with E-state index >= 15 is 0 Å². The number of rotatable bonds is 4. The summed E-state index contributed by atoms with van der Waals surface area (Å²) in [5.41, 5.74) is 0. The number of sulfonamides is 1. The molecule has 1 N–H and O–H groups in total. The molecule has 1 fully saturated rings. The van der Waals surface area contributed by atoms with Crippen LogP contribution in [0, 0.1) is 5.92 Å². The van der Waals surface area contributed by atoms with Crippen LogP contribution in [0.1, 0.15) is 44.9 Å². The molecule has 0 atom stereocenters. The quantitative estimate of drug-likeness (QED) is 0.734. The van der Waals surface area contributed by atoms with Crippen molar-refractivity contribution in [2.75, 3.05) is 12.8 Å². The molecule has 1 saturated carbocycles. The van der Waals surface area contributed by atoms with Gasteiger partial charge in [0.05, 0.1) is 5.75 Å². The van der Waals surface area contributed by atoms with E-state index in [1.807, 2.05) is 0 Å². The largest absolute Gasteiger partial charge is 0.218 e. The molecule has 4 heteroatoms. The Hall–Kier alpha value is -0.0900. The van der Waals surface area contributed by atoms with Gasteiger partial charge < -0.3 is 0 Å². The van der Waals surface area contributed by atoms with E-state index in [4.69, 9.17) is 0 Å². The number of hydrogen-bond acceptors (Lipinski definition) is 2. The van der Waals surface area contributed by atoms with E-state index in [9.17, 15) is 8.42 Å². The van der Waals surface area contributed by atoms with Crippen molar-refractivity contribution in [3.05, 3.63) is 0 Å². The third kappa shape index (κ3) is 4.42. The fourth-order valence-corrected chi connectivity index (χ4v) is 2.92. The molecule has 0 radical (unpaired) electrons. The van der Waals surface area contributed by atoms with E-state index in [0.717, 1.165) is 6.42 Å². The zero-order valence-corrected chi connectivity index (χ0v) is 9.78. The van der Waals surface area contributed by atoms with Crippen molar-refractivity contribution >= 4 is 10.0 Å². The Kier molecular flexibility index (Phi) is 4.89. The first kappa shape index (κ1) is 12.0. The van der Waals surface area contributed by atoms with Gasteiger partial charge in [-0.2, -0.15) is 0 Å². The van der Waals surface area contributed by atoms with Crippen molar-refractivity contribution in [3.63, 3.8) is 0 Å². The third-order valence-corrected chi connectivity index (χ3v) is 4.48. The fourth-order valence-electron chi connectivity index (χ4n) is 2.08. The van der Waals surface area contributed by atoms with Crippen LogP contribution in [0.5, 0.6) is 0 Å². The van der Waals surface area contributed by atoms with Crippen molar-refractivity contribution in [3.8, 4) is 0 Å². The average molecular weight is 219 g/mol. The fraction of sp³-hybridized carbons (Fsp3) is 1.00. The molecule has 0 spiro atoms. The summed E-state index contributed by atoms with van der Waals surface area (Å²) in [7, 11) is -1.49. The highest BCUT2D eigenvalue weighted by molar-refractivity contribution is 7.89. The van der Waals surface area contributed by atoms with E-state index in [0.29, 0.717) is 11.7 Å². The maximum absolute atomic E-state index is 11.2. The normalized spacial score (nSPS) is 20.6. The summed E-state index contributed by atoms with van der Waals surface area (Å²) >= 11 is 0. The maximum Gasteiger partial charge on any atom is 0.211 e. The lowest BCUT2D eigenvalue weighted by atomic mass is 9.98. The molecule has 0 aromatic carbocycles. The predicted molar refractivity (Wildman–Crippen MR) is 58.7 cm³/mol. The number of hydrogen-bond donors (Lipinski definition) is 1. The van der Waals surface area contributed by atoms with Gasteiger partial charge in [-0.25, -0.2) is 13.1 Å². The minimum Gasteiger partial charge on any atom is -0.218 e. The summed E-state index contributed by atoms with van der Waals surface area (Å²) in [5.74, 6) is 0.939. The summed E-state index contributed by atoms with van der Waals surface area (Å²) in [6, 6.07) is 0. The lowest BCUT2D eigenvalue weighted by Gasteiger charge is -2.13. The van der Waals surface area contributed by atoms with Crippen LogP contribution >= 0.6 is 0 Å². The first-order chi connectivity index (χ1) is 6.64. The first-order valence-electron chi connectivity index (χ1n) is 5.55. The van der Waals surface area contributed by atoms with Gasteiger partial charge in [-0.05, 0) is 19.4 Å². The molecule has 0 saturated heterocycles. The molecule has 0 unspecified atom stereocenters. The molecule has 0 bridgehead atoms. The van der Waals surface area contributed by atoms with Crippen molar-refractivity contribution in [2.45, 2.75) is 44.9 Å². The summed E-state index contributed by atoms with van der Waals surface area (Å²) in [6.07, 6.45) is 8.50. The van der Waals surface area contributed by atoms with Crippen molar-refractivity contribution in [1.29, 1.82) is 0 Å². The van der Waals surface area contributed by atoms with Crippen molar-refractivity contribution < 1.29 is 8.42 Å². The molecule has 0 heterocycles. The summed E-state index contributed by atoms with van der Waals surface area (Å²) in [5, 5.41) is 0. The lowest BCUT2D eigenvalue weighted by Crippen LogP contribution is -2.23. The standard InChI is InChI=1S/C10H21NO2S/c1-11-14(12,13)9-8-10-6-4-2-3-5-7-10/h10-11H,2-9H2,1H3. The molecule has 1 aliphatic rings. The Morgan fingerprint density at radius 2 is 1.71 bits per heavy atom. The monoisotopic (exact) mass is 219 g/mol. The summed E-state index contributed by atoms with van der Waals surface area (Å²) in [6.45, 7) is 0. The zero-order valence-electron chi connectivity index (χ0n) is 8.96. The molecule has 1 aliphatic carbocycles. The van der Waals surface area contributed by atoms with Crippen LogP contribution in [0.3, 0.4) is 0 Å². The maximum atomic E-state index is 11.2. The highest BCUT2D eigenvalue weighted by Crippen LogP contribution is 2.25. The smallest absolute Gasteiger partial charge is 0.211 e. The minimum absolute atomic E-state index is 0.300. The molecular formula is C10H21NO2S. The van der Waals surface area contributed by atoms with Crippen LogP contribution in [0.25, 0.3) is 0 Å². The van der Waals surface area contributed by atoms with E-state index in [2.05, 4.69) is 4.72 Å². The molecule has 3 nitrogen and oxygen atoms in total. The Morgan fingerprint density at radius 1 is 1.14 bits per heavy atom. The van der Waals surface area contributed by atoms with E-state index < -0.39 is 10.0 Å². The van der Waals surface area contributed by atoms with Gasteiger partial charge >= 0.3 is 0 Å². The van der Waals surface area contributed by atoms with Gasteiger partial charge in [0.2, 0.25) is 10.0 Å². The SMILES string of the molecule is CNS(=O)(=O)CCC1CCCCCC1.